The van der Waals surface area contributed by atoms with Crippen LogP contribution in [0.2, 0.25) is 0 Å². The molecule has 6 nitrogen and oxygen atoms in total. The number of hydrogen-bond acceptors (Lipinski definition) is 5. The Labute approximate surface area is 192 Å². The number of ether oxygens (including phenoxy) is 1. The Morgan fingerprint density at radius 2 is 1.70 bits per heavy atom. The molecule has 6 heteroatoms. The fourth-order valence-corrected chi connectivity index (χ4v) is 3.64. The average Bonchev–Trinajstić information content (AvgIpc) is 3.35. The number of carbonyl (C=O) groups is 2. The van der Waals surface area contributed by atoms with E-state index in [1.165, 1.54) is 0 Å². The normalized spacial score (nSPS) is 11.4. The maximum Gasteiger partial charge on any atom is 0.339 e. The molecule has 0 aliphatic rings. The number of amides is 1. The number of furan rings is 1. The second-order valence-electron chi connectivity index (χ2n) is 8.76. The summed E-state index contributed by atoms with van der Waals surface area (Å²) in [6.45, 7) is 5.96. The SMILES string of the molecule is CC(C)(C)N(Cc1ccccc1)C(=O)COC(=O)c1cc(-c2ccco2)nc2ccccc12. The molecule has 33 heavy (non-hydrogen) atoms. The molecule has 0 saturated carbocycles. The molecule has 0 aliphatic heterocycles. The van der Waals surface area contributed by atoms with Crippen molar-refractivity contribution >= 4 is 22.8 Å². The second-order valence-corrected chi connectivity index (χ2v) is 8.76. The van der Waals surface area contributed by atoms with Crippen LogP contribution in [0, 0.1) is 0 Å². The molecule has 4 aromatic rings. The van der Waals surface area contributed by atoms with E-state index < -0.39 is 11.5 Å². The zero-order chi connectivity index (χ0) is 23.4. The van der Waals surface area contributed by atoms with Crippen molar-refractivity contribution in [1.82, 2.24) is 9.88 Å². The maximum atomic E-state index is 13.1. The van der Waals surface area contributed by atoms with Gasteiger partial charge in [0.05, 0.1) is 17.3 Å². The van der Waals surface area contributed by atoms with Crippen molar-refractivity contribution in [2.45, 2.75) is 32.9 Å². The Bertz CT molecular complexity index is 1260. The first-order chi connectivity index (χ1) is 15.8. The zero-order valence-electron chi connectivity index (χ0n) is 18.9. The van der Waals surface area contributed by atoms with Crippen LogP contribution in [0.1, 0.15) is 36.7 Å². The van der Waals surface area contributed by atoms with Gasteiger partial charge in [0.2, 0.25) is 0 Å². The first-order valence-corrected chi connectivity index (χ1v) is 10.8. The molecule has 0 atom stereocenters. The lowest BCUT2D eigenvalue weighted by Crippen LogP contribution is -2.46. The molecule has 4 rings (SSSR count). The second kappa shape index (κ2) is 9.28. The molecule has 0 fully saturated rings. The lowest BCUT2D eigenvalue weighted by molar-refractivity contribution is -0.140. The van der Waals surface area contributed by atoms with Crippen LogP contribution in [0.5, 0.6) is 0 Å². The number of rotatable bonds is 6. The molecular formula is C27H26N2O4. The Balaban J connectivity index is 1.56. The third-order valence-corrected chi connectivity index (χ3v) is 5.33. The monoisotopic (exact) mass is 442 g/mol. The molecule has 0 unspecified atom stereocenters. The molecule has 2 heterocycles. The summed E-state index contributed by atoms with van der Waals surface area (Å²) >= 11 is 0. The van der Waals surface area contributed by atoms with Crippen LogP contribution in [0.15, 0.2) is 83.5 Å². The quantitative estimate of drug-likeness (QED) is 0.370. The van der Waals surface area contributed by atoms with Crippen molar-refractivity contribution in [2.24, 2.45) is 0 Å². The van der Waals surface area contributed by atoms with Gasteiger partial charge in [-0.25, -0.2) is 9.78 Å². The Hall–Kier alpha value is -3.93. The molecule has 0 radical (unpaired) electrons. The number of aromatic nitrogens is 1. The van der Waals surface area contributed by atoms with Crippen molar-refractivity contribution in [2.75, 3.05) is 6.61 Å². The highest BCUT2D eigenvalue weighted by Gasteiger charge is 2.28. The summed E-state index contributed by atoms with van der Waals surface area (Å²) in [6, 6.07) is 22.2. The van der Waals surface area contributed by atoms with E-state index in [1.807, 2.05) is 75.4 Å². The predicted octanol–water partition coefficient (Wildman–Crippen LogP) is 5.48. The van der Waals surface area contributed by atoms with Gasteiger partial charge in [0.15, 0.2) is 12.4 Å². The highest BCUT2D eigenvalue weighted by Crippen LogP contribution is 2.26. The fourth-order valence-electron chi connectivity index (χ4n) is 3.64. The summed E-state index contributed by atoms with van der Waals surface area (Å²) in [7, 11) is 0. The van der Waals surface area contributed by atoms with E-state index in [0.29, 0.717) is 34.5 Å². The number of hydrogen-bond donors (Lipinski definition) is 0. The van der Waals surface area contributed by atoms with Crippen molar-refractivity contribution in [3.05, 3.63) is 90.2 Å². The van der Waals surface area contributed by atoms with E-state index in [2.05, 4.69) is 4.98 Å². The largest absolute Gasteiger partial charge is 0.463 e. The first kappa shape index (κ1) is 22.3. The summed E-state index contributed by atoms with van der Waals surface area (Å²) in [4.78, 5) is 32.4. The minimum Gasteiger partial charge on any atom is -0.463 e. The molecule has 168 valence electrons. The smallest absolute Gasteiger partial charge is 0.339 e. The van der Waals surface area contributed by atoms with E-state index >= 15 is 0 Å². The number of fused-ring (bicyclic) bond motifs is 1. The maximum absolute atomic E-state index is 13.1. The molecule has 2 aromatic heterocycles. The number of nitrogens with zero attached hydrogens (tertiary/aromatic N) is 2. The van der Waals surface area contributed by atoms with Crippen molar-refractivity contribution in [3.8, 4) is 11.5 Å². The Kier molecular flexibility index (Phi) is 6.27. The van der Waals surface area contributed by atoms with E-state index in [1.54, 1.807) is 29.4 Å². The van der Waals surface area contributed by atoms with Crippen LogP contribution in [-0.4, -0.2) is 33.9 Å². The van der Waals surface area contributed by atoms with Crippen LogP contribution in [0.25, 0.3) is 22.4 Å². The van der Waals surface area contributed by atoms with Crippen LogP contribution in [0.4, 0.5) is 0 Å². The summed E-state index contributed by atoms with van der Waals surface area (Å²) < 4.78 is 10.9. The standard InChI is InChI=1S/C27H26N2O4/c1-27(2,3)29(17-19-10-5-4-6-11-19)25(30)18-33-26(31)21-16-23(24-14-9-15-32-24)28-22-13-8-7-12-20(21)22/h4-16H,17-18H2,1-3H3. The molecule has 0 bridgehead atoms. The minimum absolute atomic E-state index is 0.260. The molecule has 0 aliphatic carbocycles. The van der Waals surface area contributed by atoms with Gasteiger partial charge in [-0.1, -0.05) is 48.5 Å². The molecule has 0 saturated heterocycles. The minimum atomic E-state index is -0.580. The van der Waals surface area contributed by atoms with Gasteiger partial charge in [-0.15, -0.1) is 0 Å². The van der Waals surface area contributed by atoms with Crippen LogP contribution in [-0.2, 0) is 16.1 Å². The highest BCUT2D eigenvalue weighted by atomic mass is 16.5. The van der Waals surface area contributed by atoms with Crippen LogP contribution < -0.4 is 0 Å². The molecule has 0 N–H and O–H groups in total. The van der Waals surface area contributed by atoms with Crippen molar-refractivity contribution < 1.29 is 18.7 Å². The molecule has 2 aromatic carbocycles. The number of para-hydroxylation sites is 1. The number of benzene rings is 2. The van der Waals surface area contributed by atoms with Gasteiger partial charge in [-0.2, -0.15) is 0 Å². The summed E-state index contributed by atoms with van der Waals surface area (Å²) in [5.74, 6) is -0.291. The van der Waals surface area contributed by atoms with E-state index in [0.717, 1.165) is 5.56 Å². The summed E-state index contributed by atoms with van der Waals surface area (Å²) in [6.07, 6.45) is 1.55. The third-order valence-electron chi connectivity index (χ3n) is 5.33. The van der Waals surface area contributed by atoms with Gasteiger partial charge in [-0.05, 0) is 50.6 Å². The third kappa shape index (κ3) is 5.12. The van der Waals surface area contributed by atoms with E-state index in [4.69, 9.17) is 9.15 Å². The molecule has 1 amide bonds. The summed E-state index contributed by atoms with van der Waals surface area (Å²) in [5, 5.41) is 0.655. The Morgan fingerprint density at radius 3 is 2.39 bits per heavy atom. The van der Waals surface area contributed by atoms with Gasteiger partial charge >= 0.3 is 5.97 Å². The Morgan fingerprint density at radius 1 is 0.970 bits per heavy atom. The van der Waals surface area contributed by atoms with Crippen LogP contribution in [0.3, 0.4) is 0 Å². The summed E-state index contributed by atoms with van der Waals surface area (Å²) in [5.41, 5.74) is 2.08. The van der Waals surface area contributed by atoms with Gasteiger partial charge in [0.1, 0.15) is 5.69 Å². The van der Waals surface area contributed by atoms with Gasteiger partial charge in [0, 0.05) is 17.5 Å². The topological polar surface area (TPSA) is 72.6 Å². The lowest BCUT2D eigenvalue weighted by atomic mass is 10.0. The van der Waals surface area contributed by atoms with Gasteiger partial charge in [-0.3, -0.25) is 4.79 Å². The molecule has 0 spiro atoms. The lowest BCUT2D eigenvalue weighted by Gasteiger charge is -2.35. The van der Waals surface area contributed by atoms with Gasteiger partial charge in [0.25, 0.3) is 5.91 Å². The number of carbonyl (C=O) groups excluding carboxylic acids is 2. The van der Waals surface area contributed by atoms with E-state index in [9.17, 15) is 9.59 Å². The highest BCUT2D eigenvalue weighted by molar-refractivity contribution is 6.05. The fraction of sp³-hybridized carbons (Fsp3) is 0.222. The van der Waals surface area contributed by atoms with Crippen LogP contribution >= 0.6 is 0 Å². The van der Waals surface area contributed by atoms with E-state index in [-0.39, 0.29) is 12.5 Å². The number of pyridine rings is 1. The average molecular weight is 443 g/mol. The van der Waals surface area contributed by atoms with Gasteiger partial charge < -0.3 is 14.1 Å². The predicted molar refractivity (Wildman–Crippen MR) is 126 cm³/mol. The zero-order valence-corrected chi connectivity index (χ0v) is 18.9. The van der Waals surface area contributed by atoms with Crippen molar-refractivity contribution in [3.63, 3.8) is 0 Å². The first-order valence-electron chi connectivity index (χ1n) is 10.8. The van der Waals surface area contributed by atoms with Crippen molar-refractivity contribution in [1.29, 1.82) is 0 Å². The molecular weight excluding hydrogens is 416 g/mol. The number of esters is 1.